The molecule has 0 saturated carbocycles. The van der Waals surface area contributed by atoms with Gasteiger partial charge in [0.1, 0.15) is 0 Å². The van der Waals surface area contributed by atoms with E-state index in [1.165, 1.54) is 6.26 Å². The van der Waals surface area contributed by atoms with Crippen LogP contribution in [0.4, 0.5) is 5.82 Å². The molecule has 0 amide bonds. The maximum Gasteiger partial charge on any atom is 0.171 e. The smallest absolute Gasteiger partial charge is 0.171 e. The molecule has 0 atom stereocenters. The topological polar surface area (TPSA) is 72.0 Å². The predicted molar refractivity (Wildman–Crippen MR) is 73.9 cm³/mol. The molecule has 1 rings (SSSR count). The van der Waals surface area contributed by atoms with Crippen molar-refractivity contribution in [2.24, 2.45) is 0 Å². The van der Waals surface area contributed by atoms with Crippen LogP contribution >= 0.6 is 11.6 Å². The Morgan fingerprint density at radius 2 is 1.72 bits per heavy atom. The zero-order valence-electron chi connectivity index (χ0n) is 11.2. The van der Waals surface area contributed by atoms with Crippen LogP contribution in [0.1, 0.15) is 25.2 Å². The van der Waals surface area contributed by atoms with Crippen molar-refractivity contribution >= 4 is 27.3 Å². The van der Waals surface area contributed by atoms with E-state index < -0.39 is 14.6 Å². The van der Waals surface area contributed by atoms with Gasteiger partial charge in [-0.25, -0.2) is 18.4 Å². The molecule has 0 aliphatic carbocycles. The lowest BCUT2D eigenvalue weighted by molar-refractivity contribution is 0.559. The largest absolute Gasteiger partial charge is 0.366 e. The minimum atomic E-state index is -3.16. The van der Waals surface area contributed by atoms with Gasteiger partial charge in [-0.3, -0.25) is 0 Å². The van der Waals surface area contributed by atoms with Crippen LogP contribution in [0.3, 0.4) is 0 Å². The van der Waals surface area contributed by atoms with Crippen molar-refractivity contribution in [3.05, 3.63) is 16.5 Å². The number of hydrogen-bond donors (Lipinski definition) is 1. The maximum absolute atomic E-state index is 11.6. The molecule has 0 bridgehead atoms. The number of anilines is 1. The third-order valence-electron chi connectivity index (χ3n) is 2.95. The second-order valence-electron chi connectivity index (χ2n) is 4.92. The van der Waals surface area contributed by atoms with E-state index in [2.05, 4.69) is 15.3 Å². The van der Waals surface area contributed by atoms with Crippen LogP contribution in [0, 0.1) is 13.8 Å². The summed E-state index contributed by atoms with van der Waals surface area (Å²) < 4.78 is 22.3. The molecule has 7 heteroatoms. The molecule has 102 valence electrons. The highest BCUT2D eigenvalue weighted by Gasteiger charge is 2.30. The first-order valence-electron chi connectivity index (χ1n) is 5.49. The predicted octanol–water partition coefficient (Wildman–Crippen LogP) is 1.98. The molecule has 0 aliphatic rings. The minimum absolute atomic E-state index is 0.225. The van der Waals surface area contributed by atoms with Crippen molar-refractivity contribution in [2.75, 3.05) is 18.1 Å². The number of aryl methyl sites for hydroxylation is 2. The van der Waals surface area contributed by atoms with Gasteiger partial charge in [0.15, 0.2) is 20.8 Å². The minimum Gasteiger partial charge on any atom is -0.366 e. The van der Waals surface area contributed by atoms with Crippen molar-refractivity contribution < 1.29 is 8.42 Å². The van der Waals surface area contributed by atoms with Crippen LogP contribution in [0.15, 0.2) is 0 Å². The van der Waals surface area contributed by atoms with E-state index >= 15 is 0 Å². The molecule has 5 nitrogen and oxygen atoms in total. The normalized spacial score (nSPS) is 12.6. The van der Waals surface area contributed by atoms with E-state index in [1.807, 2.05) is 13.8 Å². The SMILES string of the molecule is Cc1nc(Cl)c(NCC(C)(C)S(C)(=O)=O)nc1C. The summed E-state index contributed by atoms with van der Waals surface area (Å²) in [5.41, 5.74) is 1.52. The number of nitrogens with zero attached hydrogens (tertiary/aromatic N) is 2. The third-order valence-corrected chi connectivity index (χ3v) is 5.37. The van der Waals surface area contributed by atoms with E-state index in [0.717, 1.165) is 11.4 Å². The summed E-state index contributed by atoms with van der Waals surface area (Å²) >= 11 is 5.96. The van der Waals surface area contributed by atoms with Gasteiger partial charge in [-0.2, -0.15) is 0 Å². The summed E-state index contributed by atoms with van der Waals surface area (Å²) in [7, 11) is -3.16. The Hall–Kier alpha value is -0.880. The lowest BCUT2D eigenvalue weighted by atomic mass is 10.2. The Kier molecular flexibility index (Phi) is 4.23. The zero-order valence-corrected chi connectivity index (χ0v) is 12.8. The molecule has 0 fully saturated rings. The summed E-state index contributed by atoms with van der Waals surface area (Å²) in [5.74, 6) is 0.413. The summed E-state index contributed by atoms with van der Waals surface area (Å²) in [4.78, 5) is 8.38. The number of rotatable bonds is 4. The number of sulfone groups is 1. The van der Waals surface area contributed by atoms with E-state index in [-0.39, 0.29) is 11.7 Å². The number of hydrogen-bond acceptors (Lipinski definition) is 5. The van der Waals surface area contributed by atoms with Gasteiger partial charge < -0.3 is 5.32 Å². The summed E-state index contributed by atoms with van der Waals surface area (Å²) in [5, 5.41) is 3.20. The molecule has 0 aromatic carbocycles. The first-order chi connectivity index (χ1) is 8.04. The van der Waals surface area contributed by atoms with Crippen LogP contribution in [0.2, 0.25) is 5.15 Å². The standard InChI is InChI=1S/C11H18ClN3O2S/c1-7-8(2)15-10(9(12)14-7)13-6-11(3,4)18(5,16)17/h6H2,1-5H3,(H,13,15). The Morgan fingerprint density at radius 1 is 1.22 bits per heavy atom. The summed E-state index contributed by atoms with van der Waals surface area (Å²) in [6, 6.07) is 0. The van der Waals surface area contributed by atoms with Gasteiger partial charge in [0.25, 0.3) is 0 Å². The van der Waals surface area contributed by atoms with Gasteiger partial charge in [-0.1, -0.05) is 11.6 Å². The van der Waals surface area contributed by atoms with Crippen molar-refractivity contribution in [3.63, 3.8) is 0 Å². The van der Waals surface area contributed by atoms with Crippen molar-refractivity contribution in [1.29, 1.82) is 0 Å². The Balaban J connectivity index is 2.91. The van der Waals surface area contributed by atoms with E-state index in [9.17, 15) is 8.42 Å². The monoisotopic (exact) mass is 291 g/mol. The molecule has 0 aliphatic heterocycles. The van der Waals surface area contributed by atoms with Gasteiger partial charge in [0.2, 0.25) is 0 Å². The molecule has 0 radical (unpaired) electrons. The molecule has 1 aromatic heterocycles. The lowest BCUT2D eigenvalue weighted by Crippen LogP contribution is -2.38. The van der Waals surface area contributed by atoms with Gasteiger partial charge >= 0.3 is 0 Å². The fourth-order valence-electron chi connectivity index (χ4n) is 1.12. The molecular weight excluding hydrogens is 274 g/mol. The molecule has 0 unspecified atom stereocenters. The van der Waals surface area contributed by atoms with E-state index in [4.69, 9.17) is 11.6 Å². The molecular formula is C11H18ClN3O2S. The average molecular weight is 292 g/mol. The summed E-state index contributed by atoms with van der Waals surface area (Å²) in [6.45, 7) is 7.17. The van der Waals surface area contributed by atoms with Gasteiger partial charge in [0, 0.05) is 12.8 Å². The van der Waals surface area contributed by atoms with E-state index in [0.29, 0.717) is 5.82 Å². The Morgan fingerprint density at radius 3 is 2.22 bits per heavy atom. The second-order valence-corrected chi connectivity index (χ2v) is 7.93. The highest BCUT2D eigenvalue weighted by Crippen LogP contribution is 2.21. The van der Waals surface area contributed by atoms with Crippen LogP contribution in [-0.2, 0) is 9.84 Å². The molecule has 1 heterocycles. The number of halogens is 1. The summed E-state index contributed by atoms with van der Waals surface area (Å²) in [6.07, 6.45) is 1.21. The second kappa shape index (κ2) is 5.01. The highest BCUT2D eigenvalue weighted by molar-refractivity contribution is 7.92. The van der Waals surface area contributed by atoms with Crippen LogP contribution in [0.25, 0.3) is 0 Å². The number of nitrogens with one attached hydrogen (secondary N) is 1. The van der Waals surface area contributed by atoms with Crippen LogP contribution < -0.4 is 5.32 Å². The van der Waals surface area contributed by atoms with Crippen LogP contribution in [0.5, 0.6) is 0 Å². The van der Waals surface area contributed by atoms with E-state index in [1.54, 1.807) is 13.8 Å². The molecule has 1 aromatic rings. The number of aromatic nitrogens is 2. The fraction of sp³-hybridized carbons (Fsp3) is 0.636. The average Bonchev–Trinajstić information content (AvgIpc) is 2.20. The van der Waals surface area contributed by atoms with Crippen LogP contribution in [-0.4, -0.2) is 35.9 Å². The van der Waals surface area contributed by atoms with Gasteiger partial charge in [-0.15, -0.1) is 0 Å². The first kappa shape index (κ1) is 15.2. The Bertz CT molecular complexity index is 556. The van der Waals surface area contributed by atoms with Gasteiger partial charge in [0.05, 0.1) is 16.1 Å². The molecule has 18 heavy (non-hydrogen) atoms. The first-order valence-corrected chi connectivity index (χ1v) is 7.76. The van der Waals surface area contributed by atoms with Gasteiger partial charge in [-0.05, 0) is 27.7 Å². The molecule has 1 N–H and O–H groups in total. The molecule has 0 saturated heterocycles. The fourth-order valence-corrected chi connectivity index (χ4v) is 1.69. The highest BCUT2D eigenvalue weighted by atomic mass is 35.5. The maximum atomic E-state index is 11.6. The molecule has 0 spiro atoms. The third kappa shape index (κ3) is 3.32. The zero-order chi connectivity index (χ0) is 14.1. The quantitative estimate of drug-likeness (QED) is 0.918. The van der Waals surface area contributed by atoms with Crippen molar-refractivity contribution in [1.82, 2.24) is 9.97 Å². The van der Waals surface area contributed by atoms with Crippen molar-refractivity contribution in [2.45, 2.75) is 32.4 Å². The van der Waals surface area contributed by atoms with Crippen molar-refractivity contribution in [3.8, 4) is 0 Å². The Labute approximate surface area is 113 Å². The lowest BCUT2D eigenvalue weighted by Gasteiger charge is -2.23.